The van der Waals surface area contributed by atoms with Gasteiger partial charge in [0, 0.05) is 17.2 Å². The number of benzene rings is 3. The second kappa shape index (κ2) is 13.6. The molecule has 1 N–H and O–H groups in total. The molecular formula is C31H37Br2NO4. The predicted octanol–water partition coefficient (Wildman–Crippen LogP) is 8.64. The smallest absolute Gasteiger partial charge is 0.309 e. The number of nitrogens with one attached hydrogen (secondary N) is 1. The summed E-state index contributed by atoms with van der Waals surface area (Å²) in [5.74, 6) is 2.13. The summed E-state index contributed by atoms with van der Waals surface area (Å²) < 4.78 is 18.9. The van der Waals surface area contributed by atoms with E-state index in [0.29, 0.717) is 5.75 Å². The number of ether oxygens (including phenoxy) is 3. The van der Waals surface area contributed by atoms with Gasteiger partial charge in [-0.3, -0.25) is 4.79 Å². The lowest BCUT2D eigenvalue weighted by molar-refractivity contribution is -0.139. The summed E-state index contributed by atoms with van der Waals surface area (Å²) in [4.78, 5) is 11.8. The van der Waals surface area contributed by atoms with E-state index in [9.17, 15) is 4.79 Å². The van der Waals surface area contributed by atoms with Crippen molar-refractivity contribution in [3.05, 3.63) is 85.3 Å². The Morgan fingerprint density at radius 3 is 2.11 bits per heavy atom. The van der Waals surface area contributed by atoms with E-state index >= 15 is 0 Å². The fourth-order valence-electron chi connectivity index (χ4n) is 4.35. The van der Waals surface area contributed by atoms with Crippen molar-refractivity contribution in [1.82, 2.24) is 5.32 Å². The first kappa shape index (κ1) is 30.2. The molecule has 204 valence electrons. The highest BCUT2D eigenvalue weighted by Gasteiger charge is 2.26. The van der Waals surface area contributed by atoms with Crippen molar-refractivity contribution in [2.24, 2.45) is 0 Å². The van der Waals surface area contributed by atoms with Gasteiger partial charge in [-0.1, -0.05) is 45.0 Å². The summed E-state index contributed by atoms with van der Waals surface area (Å²) >= 11 is 7.33. The maximum Gasteiger partial charge on any atom is 0.309 e. The van der Waals surface area contributed by atoms with E-state index in [1.54, 1.807) is 7.11 Å². The zero-order valence-electron chi connectivity index (χ0n) is 23.2. The molecule has 0 amide bonds. The van der Waals surface area contributed by atoms with E-state index in [-0.39, 0.29) is 30.4 Å². The third-order valence-corrected chi connectivity index (χ3v) is 7.88. The first-order chi connectivity index (χ1) is 18.1. The topological polar surface area (TPSA) is 56.8 Å². The first-order valence-corrected chi connectivity index (χ1v) is 14.4. The van der Waals surface area contributed by atoms with Crippen LogP contribution >= 0.6 is 31.9 Å². The quantitative estimate of drug-likeness (QED) is 0.211. The Hall–Kier alpha value is -2.35. The molecule has 3 aromatic carbocycles. The Kier molecular flexibility index (Phi) is 10.8. The van der Waals surface area contributed by atoms with Gasteiger partial charge in [-0.2, -0.15) is 0 Å². The van der Waals surface area contributed by atoms with E-state index in [1.807, 2.05) is 12.1 Å². The van der Waals surface area contributed by atoms with Gasteiger partial charge in [0.1, 0.15) is 11.5 Å². The molecule has 38 heavy (non-hydrogen) atoms. The number of rotatable bonds is 11. The molecule has 3 aromatic rings. The number of aryl methyl sites for hydroxylation is 1. The van der Waals surface area contributed by atoms with Gasteiger partial charge < -0.3 is 19.5 Å². The summed E-state index contributed by atoms with van der Waals surface area (Å²) in [6.07, 6.45) is 1.16. The van der Waals surface area contributed by atoms with Crippen molar-refractivity contribution in [3.63, 3.8) is 0 Å². The Bertz CT molecular complexity index is 1250. The van der Waals surface area contributed by atoms with Crippen LogP contribution in [0.5, 0.6) is 17.2 Å². The zero-order valence-corrected chi connectivity index (χ0v) is 26.3. The molecule has 0 fully saturated rings. The van der Waals surface area contributed by atoms with E-state index in [4.69, 9.17) is 14.2 Å². The Balaban J connectivity index is 2.21. The summed E-state index contributed by atoms with van der Waals surface area (Å²) in [5, 5.41) is 3.82. The van der Waals surface area contributed by atoms with Crippen LogP contribution in [-0.4, -0.2) is 26.2 Å². The van der Waals surface area contributed by atoms with Crippen molar-refractivity contribution in [1.29, 1.82) is 0 Å². The summed E-state index contributed by atoms with van der Waals surface area (Å²) in [5.41, 5.74) is 5.24. The van der Waals surface area contributed by atoms with Crippen molar-refractivity contribution < 1.29 is 19.0 Å². The van der Waals surface area contributed by atoms with Crippen LogP contribution in [0.15, 0.2) is 57.5 Å². The normalized spacial score (nSPS) is 12.8. The van der Waals surface area contributed by atoms with Crippen LogP contribution in [0.4, 0.5) is 0 Å². The number of methoxy groups -OCH3 is 2. The second-order valence-electron chi connectivity index (χ2n) is 9.80. The van der Waals surface area contributed by atoms with Crippen LogP contribution in [0.3, 0.4) is 0 Å². The predicted molar refractivity (Wildman–Crippen MR) is 161 cm³/mol. The van der Waals surface area contributed by atoms with Crippen LogP contribution in [0.25, 0.3) is 0 Å². The van der Waals surface area contributed by atoms with E-state index < -0.39 is 0 Å². The van der Waals surface area contributed by atoms with Crippen LogP contribution < -0.4 is 14.8 Å². The molecule has 0 heterocycles. The number of halogens is 2. The third-order valence-electron chi connectivity index (χ3n) is 6.70. The molecule has 0 saturated heterocycles. The molecule has 2 atom stereocenters. The molecular weight excluding hydrogens is 610 g/mol. The molecule has 0 aromatic heterocycles. The van der Waals surface area contributed by atoms with Crippen molar-refractivity contribution in [2.75, 3.05) is 14.2 Å². The van der Waals surface area contributed by atoms with Gasteiger partial charge in [0.15, 0.2) is 5.75 Å². The maximum atomic E-state index is 11.8. The lowest BCUT2D eigenvalue weighted by Crippen LogP contribution is -2.31. The third kappa shape index (κ3) is 7.19. The van der Waals surface area contributed by atoms with E-state index in [0.717, 1.165) is 43.6 Å². The Morgan fingerprint density at radius 1 is 0.921 bits per heavy atom. The summed E-state index contributed by atoms with van der Waals surface area (Å²) in [6.45, 7) is 10.8. The lowest BCUT2D eigenvalue weighted by atomic mass is 9.90. The lowest BCUT2D eigenvalue weighted by Gasteiger charge is -2.28. The molecule has 7 heteroatoms. The summed E-state index contributed by atoms with van der Waals surface area (Å²) in [6, 6.07) is 16.5. The van der Waals surface area contributed by atoms with Gasteiger partial charge in [0.05, 0.1) is 35.6 Å². The highest BCUT2D eigenvalue weighted by atomic mass is 79.9. The second-order valence-corrected chi connectivity index (χ2v) is 11.5. The van der Waals surface area contributed by atoms with E-state index in [1.165, 1.54) is 18.2 Å². The number of esters is 1. The minimum absolute atomic E-state index is 0.118. The number of hydrogen-bond donors (Lipinski definition) is 1. The van der Waals surface area contributed by atoms with Gasteiger partial charge >= 0.3 is 5.97 Å². The summed E-state index contributed by atoms with van der Waals surface area (Å²) in [7, 11) is 3.10. The van der Waals surface area contributed by atoms with Crippen LogP contribution in [0, 0.1) is 6.92 Å². The Labute approximate surface area is 243 Å². The number of carbonyl (C=O) groups excluding carboxylic acids is 1. The van der Waals surface area contributed by atoms with Gasteiger partial charge in [-0.15, -0.1) is 0 Å². The molecule has 0 spiro atoms. The largest absolute Gasteiger partial charge is 0.496 e. The monoisotopic (exact) mass is 645 g/mol. The minimum Gasteiger partial charge on any atom is -0.496 e. The molecule has 5 nitrogen and oxygen atoms in total. The fourth-order valence-corrected chi connectivity index (χ4v) is 5.80. The molecule has 0 saturated carbocycles. The molecule has 0 aliphatic rings. The fraction of sp³-hybridized carbons (Fsp3) is 0.387. The SMILES string of the molecule is CCC(C)NC(c1ccccc1C)c1cc(OC)c(C(C)C)cc1Oc1c(Br)cc(CC(=O)OC)cc1Br. The van der Waals surface area contributed by atoms with Gasteiger partial charge in [-0.25, -0.2) is 0 Å². The average Bonchev–Trinajstić information content (AvgIpc) is 2.89. The van der Waals surface area contributed by atoms with Gasteiger partial charge in [0.25, 0.3) is 0 Å². The van der Waals surface area contributed by atoms with Crippen LogP contribution in [-0.2, 0) is 16.0 Å². The van der Waals surface area contributed by atoms with Crippen molar-refractivity contribution in [2.45, 2.75) is 65.5 Å². The van der Waals surface area contributed by atoms with Gasteiger partial charge in [0.2, 0.25) is 0 Å². The van der Waals surface area contributed by atoms with Crippen LogP contribution in [0.1, 0.15) is 73.9 Å². The average molecular weight is 647 g/mol. The van der Waals surface area contributed by atoms with Crippen molar-refractivity contribution in [3.8, 4) is 17.2 Å². The molecule has 0 aliphatic heterocycles. The molecule has 0 radical (unpaired) electrons. The van der Waals surface area contributed by atoms with Crippen molar-refractivity contribution >= 4 is 37.8 Å². The number of carbonyl (C=O) groups is 1. The van der Waals surface area contributed by atoms with E-state index in [2.05, 4.69) is 108 Å². The molecule has 0 bridgehead atoms. The molecule has 2 unspecified atom stereocenters. The molecule has 3 rings (SSSR count). The Morgan fingerprint density at radius 2 is 1.55 bits per heavy atom. The van der Waals surface area contributed by atoms with Gasteiger partial charge in [-0.05, 0) is 99.0 Å². The zero-order chi connectivity index (χ0) is 28.0. The maximum absolute atomic E-state index is 11.8. The first-order valence-electron chi connectivity index (χ1n) is 12.8. The highest BCUT2D eigenvalue weighted by molar-refractivity contribution is 9.11. The standard InChI is InChI=1S/C31H37Br2NO4/c1-8-20(5)34-30(22-12-10-9-11-19(22)4)24-17-27(36-6)23(18(2)3)16-28(24)38-31-25(32)13-21(14-26(31)33)15-29(35)37-7/h9-14,16-18,20,30,34H,8,15H2,1-7H3. The highest BCUT2D eigenvalue weighted by Crippen LogP contribution is 2.44. The van der Waals surface area contributed by atoms with Crippen LogP contribution in [0.2, 0.25) is 0 Å². The minimum atomic E-state index is -0.298. The molecule has 0 aliphatic carbocycles. The number of hydrogen-bond acceptors (Lipinski definition) is 5.